The molecule has 0 atom stereocenters. The molecule has 4 aromatic heterocycles. The molecule has 7 nitrogen and oxygen atoms in total. The lowest BCUT2D eigenvalue weighted by molar-refractivity contribution is 0.517. The van der Waals surface area contributed by atoms with Gasteiger partial charge in [-0.25, -0.2) is 4.98 Å². The van der Waals surface area contributed by atoms with Crippen LogP contribution in [0.5, 0.6) is 0 Å². The van der Waals surface area contributed by atoms with Crippen molar-refractivity contribution in [1.82, 2.24) is 24.1 Å². The number of rotatable bonds is 4. The lowest BCUT2D eigenvalue weighted by Gasteiger charge is -2.08. The highest BCUT2D eigenvalue weighted by atomic mass is 16.3. The Morgan fingerprint density at radius 3 is 2.92 bits per heavy atom. The summed E-state index contributed by atoms with van der Waals surface area (Å²) in [6.07, 6.45) is 7.27. The van der Waals surface area contributed by atoms with Gasteiger partial charge in [0.1, 0.15) is 12.1 Å². The highest BCUT2D eigenvalue weighted by Crippen LogP contribution is 2.32. The largest absolute Gasteiger partial charge is 0.467 e. The summed E-state index contributed by atoms with van der Waals surface area (Å²) in [5.41, 5.74) is 3.97. The number of nitrogens with zero attached hydrogens (tertiary/aromatic N) is 5. The molecule has 0 saturated heterocycles. The molecule has 0 amide bonds. The van der Waals surface area contributed by atoms with Gasteiger partial charge < -0.3 is 14.3 Å². The van der Waals surface area contributed by atoms with E-state index in [1.54, 1.807) is 12.6 Å². The van der Waals surface area contributed by atoms with Gasteiger partial charge in [0.25, 0.3) is 0 Å². The van der Waals surface area contributed by atoms with Crippen LogP contribution in [-0.4, -0.2) is 24.1 Å². The Bertz CT molecular complexity index is 1200. The van der Waals surface area contributed by atoms with E-state index in [0.717, 1.165) is 27.9 Å². The Balaban J connectivity index is 1.61. The third kappa shape index (κ3) is 2.25. The molecular weight excluding hydrogens is 328 g/mol. The van der Waals surface area contributed by atoms with Gasteiger partial charge in [0.05, 0.1) is 12.8 Å². The van der Waals surface area contributed by atoms with Crippen LogP contribution in [0.2, 0.25) is 0 Å². The van der Waals surface area contributed by atoms with Gasteiger partial charge in [-0.1, -0.05) is 18.2 Å². The zero-order valence-corrected chi connectivity index (χ0v) is 14.1. The molecule has 0 unspecified atom stereocenters. The number of hydrogen-bond donors (Lipinski definition) is 1. The maximum Gasteiger partial charge on any atom is 0.210 e. The minimum absolute atomic E-state index is 0.543. The van der Waals surface area contributed by atoms with E-state index < -0.39 is 0 Å². The molecule has 0 radical (unpaired) electrons. The zero-order valence-electron chi connectivity index (χ0n) is 14.1. The molecule has 0 saturated carbocycles. The number of hydrogen-bond acceptors (Lipinski definition) is 5. The summed E-state index contributed by atoms with van der Waals surface area (Å²) in [6, 6.07) is 12.1. The van der Waals surface area contributed by atoms with Gasteiger partial charge in [-0.15, -0.1) is 10.2 Å². The number of para-hydroxylation sites is 1. The third-order valence-corrected chi connectivity index (χ3v) is 4.52. The summed E-state index contributed by atoms with van der Waals surface area (Å²) in [5.74, 6) is 1.51. The van der Waals surface area contributed by atoms with E-state index in [2.05, 4.69) is 43.4 Å². The van der Waals surface area contributed by atoms with E-state index in [-0.39, 0.29) is 0 Å². The van der Waals surface area contributed by atoms with E-state index in [4.69, 9.17) is 4.42 Å². The standard InChI is InChI=1S/C19H16N6O/c1-24-11-16(14-6-2-3-7-17(14)24)15-10-21-19(25-12-22-23-18(15)25)20-9-13-5-4-8-26-13/h2-8,10-12H,9H2,1H3,(H,20,21). The van der Waals surface area contributed by atoms with Gasteiger partial charge in [-0.2, -0.15) is 0 Å². The Hall–Kier alpha value is -3.61. The fourth-order valence-corrected chi connectivity index (χ4v) is 3.28. The van der Waals surface area contributed by atoms with E-state index in [0.29, 0.717) is 12.5 Å². The van der Waals surface area contributed by atoms with Crippen molar-refractivity contribution in [2.45, 2.75) is 6.54 Å². The SMILES string of the molecule is Cn1cc(-c2cnc(NCc3ccco3)n3cnnc23)c2ccccc21. The van der Waals surface area contributed by atoms with E-state index in [9.17, 15) is 0 Å². The van der Waals surface area contributed by atoms with Crippen LogP contribution < -0.4 is 5.32 Å². The molecule has 0 fully saturated rings. The van der Waals surface area contributed by atoms with Crippen LogP contribution in [0.25, 0.3) is 27.7 Å². The molecule has 5 aromatic rings. The number of aromatic nitrogens is 5. The van der Waals surface area contributed by atoms with Gasteiger partial charge in [0.2, 0.25) is 5.95 Å². The first-order valence-electron chi connectivity index (χ1n) is 8.31. The van der Waals surface area contributed by atoms with Crippen LogP contribution in [0, 0.1) is 0 Å². The summed E-state index contributed by atoms with van der Waals surface area (Å²) in [5, 5.41) is 12.8. The van der Waals surface area contributed by atoms with Crippen molar-refractivity contribution in [3.8, 4) is 11.1 Å². The number of aryl methyl sites for hydroxylation is 1. The average Bonchev–Trinajstić information content (AvgIpc) is 3.41. The Morgan fingerprint density at radius 2 is 2.04 bits per heavy atom. The molecule has 7 heteroatoms. The molecule has 0 aliphatic rings. The van der Waals surface area contributed by atoms with Crippen LogP contribution in [0.15, 0.2) is 65.8 Å². The van der Waals surface area contributed by atoms with Crippen molar-refractivity contribution in [3.05, 3.63) is 67.1 Å². The lowest BCUT2D eigenvalue weighted by Crippen LogP contribution is -2.06. The van der Waals surface area contributed by atoms with E-state index >= 15 is 0 Å². The minimum Gasteiger partial charge on any atom is -0.467 e. The quantitative estimate of drug-likeness (QED) is 0.540. The smallest absolute Gasteiger partial charge is 0.210 e. The molecule has 0 aliphatic carbocycles. The molecule has 1 aromatic carbocycles. The van der Waals surface area contributed by atoms with Gasteiger partial charge in [-0.3, -0.25) is 4.40 Å². The number of benzene rings is 1. The Morgan fingerprint density at radius 1 is 1.12 bits per heavy atom. The van der Waals surface area contributed by atoms with Crippen molar-refractivity contribution >= 4 is 22.5 Å². The molecule has 1 N–H and O–H groups in total. The second kappa shape index (κ2) is 5.73. The fourth-order valence-electron chi connectivity index (χ4n) is 3.28. The van der Waals surface area contributed by atoms with Gasteiger partial charge in [-0.05, 0) is 18.2 Å². The van der Waals surface area contributed by atoms with Gasteiger partial charge in [0.15, 0.2) is 5.65 Å². The maximum atomic E-state index is 5.36. The highest BCUT2D eigenvalue weighted by Gasteiger charge is 2.15. The van der Waals surface area contributed by atoms with Crippen LogP contribution in [0.3, 0.4) is 0 Å². The summed E-state index contributed by atoms with van der Waals surface area (Å²) in [7, 11) is 2.04. The fraction of sp³-hybridized carbons (Fsp3) is 0.105. The molecule has 128 valence electrons. The number of anilines is 1. The second-order valence-corrected chi connectivity index (χ2v) is 6.12. The summed E-state index contributed by atoms with van der Waals surface area (Å²) in [6.45, 7) is 0.543. The van der Waals surface area contributed by atoms with Gasteiger partial charge in [0, 0.05) is 41.5 Å². The highest BCUT2D eigenvalue weighted by molar-refractivity contribution is 5.99. The Kier molecular flexibility index (Phi) is 3.24. The topological polar surface area (TPSA) is 73.2 Å². The van der Waals surface area contributed by atoms with Crippen LogP contribution in [0.4, 0.5) is 5.95 Å². The monoisotopic (exact) mass is 344 g/mol. The van der Waals surface area contributed by atoms with E-state index in [1.807, 2.05) is 41.9 Å². The summed E-state index contributed by atoms with van der Waals surface area (Å²) < 4.78 is 9.33. The third-order valence-electron chi connectivity index (χ3n) is 4.52. The van der Waals surface area contributed by atoms with Crippen LogP contribution in [-0.2, 0) is 13.6 Å². The van der Waals surface area contributed by atoms with Gasteiger partial charge >= 0.3 is 0 Å². The molecule has 0 bridgehead atoms. The number of furan rings is 1. The minimum atomic E-state index is 0.543. The van der Waals surface area contributed by atoms with Crippen molar-refractivity contribution in [3.63, 3.8) is 0 Å². The first-order valence-corrected chi connectivity index (χ1v) is 8.31. The first-order chi connectivity index (χ1) is 12.8. The summed E-state index contributed by atoms with van der Waals surface area (Å²) >= 11 is 0. The molecule has 26 heavy (non-hydrogen) atoms. The summed E-state index contributed by atoms with van der Waals surface area (Å²) in [4.78, 5) is 4.59. The normalized spacial score (nSPS) is 11.4. The van der Waals surface area contributed by atoms with Crippen molar-refractivity contribution in [2.75, 3.05) is 5.32 Å². The Labute approximate surface area is 148 Å². The van der Waals surface area contributed by atoms with Crippen molar-refractivity contribution in [2.24, 2.45) is 7.05 Å². The molecule has 0 spiro atoms. The second-order valence-electron chi connectivity index (χ2n) is 6.12. The van der Waals surface area contributed by atoms with Crippen molar-refractivity contribution in [1.29, 1.82) is 0 Å². The first kappa shape index (κ1) is 14.7. The van der Waals surface area contributed by atoms with Crippen molar-refractivity contribution < 1.29 is 4.42 Å². The molecular formula is C19H16N6O. The molecule has 4 heterocycles. The zero-order chi connectivity index (χ0) is 17.5. The van der Waals surface area contributed by atoms with E-state index in [1.165, 1.54) is 5.52 Å². The van der Waals surface area contributed by atoms with Crippen LogP contribution in [0.1, 0.15) is 5.76 Å². The number of nitrogens with one attached hydrogen (secondary N) is 1. The van der Waals surface area contributed by atoms with Crippen LogP contribution >= 0.6 is 0 Å². The lowest BCUT2D eigenvalue weighted by atomic mass is 10.1. The average molecular weight is 344 g/mol. The maximum absolute atomic E-state index is 5.36. The predicted molar refractivity (Wildman–Crippen MR) is 98.7 cm³/mol. The molecule has 0 aliphatic heterocycles. The number of fused-ring (bicyclic) bond motifs is 2. The molecule has 5 rings (SSSR count). The predicted octanol–water partition coefficient (Wildman–Crippen LogP) is 3.49.